The van der Waals surface area contributed by atoms with Crippen molar-refractivity contribution < 1.29 is 17.9 Å². The van der Waals surface area contributed by atoms with E-state index < -0.39 is 16.1 Å². The molecule has 2 rings (SSSR count). The van der Waals surface area contributed by atoms with Crippen molar-refractivity contribution in [3.05, 3.63) is 54.6 Å². The number of carbonyl (C=O) groups excluding carboxylic acids is 1. The molecular formula is C20H26N2O4S. The highest BCUT2D eigenvalue weighted by atomic mass is 32.2. The standard InChI is InChI=1S/C20H26N2O4S/c1-5-19(22(27(4,24)25)17-9-7-6-8-10-17)20(23)21-16-11-13-18(14-12-16)26-15(2)3/h6-15,19H,5H2,1-4H3,(H,21,23)/t19-/m1/s1. The van der Waals surface area contributed by atoms with E-state index in [4.69, 9.17) is 4.74 Å². The SMILES string of the molecule is CC[C@H](C(=O)Nc1ccc(OC(C)C)cc1)N(c1ccccc1)S(C)(=O)=O. The lowest BCUT2D eigenvalue weighted by Gasteiger charge is -2.30. The highest BCUT2D eigenvalue weighted by Crippen LogP contribution is 2.23. The molecule has 0 aliphatic carbocycles. The van der Waals surface area contributed by atoms with E-state index in [0.717, 1.165) is 6.26 Å². The van der Waals surface area contributed by atoms with Gasteiger partial charge < -0.3 is 10.1 Å². The molecule has 2 aromatic rings. The number of amides is 1. The number of para-hydroxylation sites is 1. The molecule has 1 N–H and O–H groups in total. The van der Waals surface area contributed by atoms with E-state index >= 15 is 0 Å². The minimum Gasteiger partial charge on any atom is -0.491 e. The van der Waals surface area contributed by atoms with Gasteiger partial charge in [0.1, 0.15) is 11.8 Å². The highest BCUT2D eigenvalue weighted by molar-refractivity contribution is 7.92. The Bertz CT molecular complexity index is 849. The van der Waals surface area contributed by atoms with Gasteiger partial charge in [-0.1, -0.05) is 25.1 Å². The number of rotatable bonds is 8. The van der Waals surface area contributed by atoms with Gasteiger partial charge in [0, 0.05) is 5.69 Å². The van der Waals surface area contributed by atoms with Crippen molar-refractivity contribution in [1.82, 2.24) is 0 Å². The number of nitrogens with one attached hydrogen (secondary N) is 1. The fourth-order valence-corrected chi connectivity index (χ4v) is 3.96. The molecule has 0 aliphatic rings. The van der Waals surface area contributed by atoms with E-state index in [1.54, 1.807) is 61.5 Å². The molecule has 0 saturated heterocycles. The first-order valence-corrected chi connectivity index (χ1v) is 10.7. The van der Waals surface area contributed by atoms with Gasteiger partial charge in [-0.05, 0) is 56.7 Å². The molecule has 0 fully saturated rings. The normalized spacial score (nSPS) is 12.5. The molecule has 0 aliphatic heterocycles. The van der Waals surface area contributed by atoms with Crippen molar-refractivity contribution in [2.75, 3.05) is 15.9 Å². The number of anilines is 2. The van der Waals surface area contributed by atoms with Crippen molar-refractivity contribution in [3.63, 3.8) is 0 Å². The Morgan fingerprint density at radius 2 is 1.67 bits per heavy atom. The molecule has 0 bridgehead atoms. The van der Waals surface area contributed by atoms with E-state index in [0.29, 0.717) is 23.5 Å². The van der Waals surface area contributed by atoms with Crippen LogP contribution in [0.1, 0.15) is 27.2 Å². The monoisotopic (exact) mass is 390 g/mol. The first-order chi connectivity index (χ1) is 12.7. The lowest BCUT2D eigenvalue weighted by molar-refractivity contribution is -0.117. The summed E-state index contributed by atoms with van der Waals surface area (Å²) < 4.78 is 31.5. The molecule has 0 radical (unpaired) electrons. The highest BCUT2D eigenvalue weighted by Gasteiger charge is 2.31. The lowest BCUT2D eigenvalue weighted by atomic mass is 10.2. The number of sulfonamides is 1. The van der Waals surface area contributed by atoms with E-state index in [2.05, 4.69) is 5.32 Å². The van der Waals surface area contributed by atoms with E-state index in [1.165, 1.54) is 4.31 Å². The first-order valence-electron chi connectivity index (χ1n) is 8.84. The molecular weight excluding hydrogens is 364 g/mol. The summed E-state index contributed by atoms with van der Waals surface area (Å²) in [5.74, 6) is 0.321. The average Bonchev–Trinajstić information content (AvgIpc) is 2.60. The van der Waals surface area contributed by atoms with Crippen LogP contribution < -0.4 is 14.4 Å². The van der Waals surface area contributed by atoms with Crippen molar-refractivity contribution in [3.8, 4) is 5.75 Å². The zero-order valence-electron chi connectivity index (χ0n) is 16.0. The lowest BCUT2D eigenvalue weighted by Crippen LogP contribution is -2.46. The minimum atomic E-state index is -3.63. The van der Waals surface area contributed by atoms with Gasteiger partial charge in [-0.2, -0.15) is 0 Å². The van der Waals surface area contributed by atoms with Crippen LogP contribution in [0.2, 0.25) is 0 Å². The molecule has 7 heteroatoms. The zero-order valence-corrected chi connectivity index (χ0v) is 16.9. The van der Waals surface area contributed by atoms with Gasteiger partial charge >= 0.3 is 0 Å². The quantitative estimate of drug-likeness (QED) is 0.746. The predicted molar refractivity (Wildman–Crippen MR) is 109 cm³/mol. The molecule has 6 nitrogen and oxygen atoms in total. The number of hydrogen-bond acceptors (Lipinski definition) is 4. The molecule has 0 spiro atoms. The molecule has 0 aromatic heterocycles. The van der Waals surface area contributed by atoms with Crippen molar-refractivity contribution in [2.24, 2.45) is 0 Å². The van der Waals surface area contributed by atoms with Crippen molar-refractivity contribution in [2.45, 2.75) is 39.3 Å². The number of benzene rings is 2. The van der Waals surface area contributed by atoms with Gasteiger partial charge in [0.25, 0.3) is 0 Å². The summed E-state index contributed by atoms with van der Waals surface area (Å²) in [7, 11) is -3.63. The number of hydrogen-bond donors (Lipinski definition) is 1. The van der Waals surface area contributed by atoms with Crippen LogP contribution in [0.25, 0.3) is 0 Å². The van der Waals surface area contributed by atoms with Crippen LogP contribution in [0.3, 0.4) is 0 Å². The largest absolute Gasteiger partial charge is 0.491 e. The Morgan fingerprint density at radius 3 is 2.15 bits per heavy atom. The van der Waals surface area contributed by atoms with Crippen LogP contribution in [0.5, 0.6) is 5.75 Å². The topological polar surface area (TPSA) is 75.7 Å². The molecule has 0 heterocycles. The van der Waals surface area contributed by atoms with Crippen molar-refractivity contribution in [1.29, 1.82) is 0 Å². The van der Waals surface area contributed by atoms with Gasteiger partial charge in [0.05, 0.1) is 18.0 Å². The third-order valence-corrected chi connectivity index (χ3v) is 5.01. The Morgan fingerprint density at radius 1 is 1.07 bits per heavy atom. The van der Waals surface area contributed by atoms with Crippen LogP contribution in [0.4, 0.5) is 11.4 Å². The third kappa shape index (κ3) is 5.72. The van der Waals surface area contributed by atoms with Gasteiger partial charge in [-0.15, -0.1) is 0 Å². The second-order valence-corrected chi connectivity index (χ2v) is 8.36. The van der Waals surface area contributed by atoms with Crippen molar-refractivity contribution >= 4 is 27.3 Å². The zero-order chi connectivity index (χ0) is 20.0. The number of nitrogens with zero attached hydrogens (tertiary/aromatic N) is 1. The minimum absolute atomic E-state index is 0.0594. The van der Waals surface area contributed by atoms with Crippen LogP contribution in [-0.4, -0.2) is 32.7 Å². The smallest absolute Gasteiger partial charge is 0.248 e. The molecule has 146 valence electrons. The summed E-state index contributed by atoms with van der Waals surface area (Å²) in [6.07, 6.45) is 1.50. The molecule has 0 saturated carbocycles. The molecule has 1 amide bonds. The fourth-order valence-electron chi connectivity index (χ4n) is 2.75. The van der Waals surface area contributed by atoms with Gasteiger partial charge in [0.2, 0.25) is 15.9 Å². The maximum Gasteiger partial charge on any atom is 0.248 e. The summed E-state index contributed by atoms with van der Waals surface area (Å²) in [4.78, 5) is 12.8. The van der Waals surface area contributed by atoms with Crippen LogP contribution in [0, 0.1) is 0 Å². The Kier molecular flexibility index (Phi) is 6.85. The summed E-state index contributed by atoms with van der Waals surface area (Å²) in [6.45, 7) is 5.65. The third-order valence-electron chi connectivity index (χ3n) is 3.83. The molecule has 2 aromatic carbocycles. The fraction of sp³-hybridized carbons (Fsp3) is 0.350. The number of ether oxygens (including phenoxy) is 1. The molecule has 0 unspecified atom stereocenters. The summed E-state index contributed by atoms with van der Waals surface area (Å²) in [6, 6.07) is 14.8. The van der Waals surface area contributed by atoms with Gasteiger partial charge in [-0.3, -0.25) is 9.10 Å². The van der Waals surface area contributed by atoms with E-state index in [-0.39, 0.29) is 12.0 Å². The summed E-state index contributed by atoms with van der Waals surface area (Å²) in [5.41, 5.74) is 1.04. The van der Waals surface area contributed by atoms with Gasteiger partial charge in [-0.25, -0.2) is 8.42 Å². The maximum atomic E-state index is 12.8. The average molecular weight is 391 g/mol. The molecule has 27 heavy (non-hydrogen) atoms. The second kappa shape index (κ2) is 8.90. The van der Waals surface area contributed by atoms with Crippen LogP contribution in [0.15, 0.2) is 54.6 Å². The Labute approximate surface area is 161 Å². The second-order valence-electron chi connectivity index (χ2n) is 6.50. The predicted octanol–water partition coefficient (Wildman–Crippen LogP) is 3.66. The van der Waals surface area contributed by atoms with E-state index in [9.17, 15) is 13.2 Å². The Hall–Kier alpha value is -2.54. The summed E-state index contributed by atoms with van der Waals surface area (Å²) in [5, 5.41) is 2.80. The first kappa shape index (κ1) is 20.8. The molecule has 1 atom stereocenters. The Balaban J connectivity index is 2.23. The maximum absolute atomic E-state index is 12.8. The van der Waals surface area contributed by atoms with Crippen LogP contribution in [-0.2, 0) is 14.8 Å². The van der Waals surface area contributed by atoms with Gasteiger partial charge in [0.15, 0.2) is 0 Å². The van der Waals surface area contributed by atoms with Crippen LogP contribution >= 0.6 is 0 Å². The summed E-state index contributed by atoms with van der Waals surface area (Å²) >= 11 is 0. The number of carbonyl (C=O) groups is 1. The van der Waals surface area contributed by atoms with E-state index in [1.807, 2.05) is 13.8 Å².